The van der Waals surface area contributed by atoms with Gasteiger partial charge in [0, 0.05) is 13.6 Å². The Morgan fingerprint density at radius 1 is 1.75 bits per heavy atom. The molecule has 0 radical (unpaired) electrons. The van der Waals surface area contributed by atoms with E-state index < -0.39 is 0 Å². The van der Waals surface area contributed by atoms with Crippen molar-refractivity contribution in [1.29, 1.82) is 0 Å². The summed E-state index contributed by atoms with van der Waals surface area (Å²) in [6, 6.07) is 0. The Balaban J connectivity index is 3.23. The smallest absolute Gasteiger partial charge is 0.0367 e. The van der Waals surface area contributed by atoms with Gasteiger partial charge in [-0.1, -0.05) is 6.58 Å². The van der Waals surface area contributed by atoms with Crippen LogP contribution >= 0.6 is 0 Å². The van der Waals surface area contributed by atoms with Gasteiger partial charge in [-0.15, -0.1) is 0 Å². The molecule has 0 aliphatic heterocycles. The molecule has 0 saturated carbocycles. The van der Waals surface area contributed by atoms with E-state index in [-0.39, 0.29) is 0 Å². The highest BCUT2D eigenvalue weighted by Gasteiger charge is 1.79. The predicted octanol–water partition coefficient (Wildman–Crippen LogP) is 0.534. The Bertz CT molecular complexity index is 86.5. The van der Waals surface area contributed by atoms with Crippen molar-refractivity contribution in [3.63, 3.8) is 0 Å². The lowest BCUT2D eigenvalue weighted by atomic mass is 10.5. The van der Waals surface area contributed by atoms with E-state index in [1.54, 1.807) is 6.20 Å². The fourth-order valence-electron chi connectivity index (χ4n) is 0.302. The van der Waals surface area contributed by atoms with Gasteiger partial charge in [-0.2, -0.15) is 0 Å². The van der Waals surface area contributed by atoms with Gasteiger partial charge < -0.3 is 10.6 Å². The highest BCUT2D eigenvalue weighted by Crippen LogP contribution is 1.79. The molecule has 0 atom stereocenters. The summed E-state index contributed by atoms with van der Waals surface area (Å²) in [6.07, 6.45) is 5.14. The highest BCUT2D eigenvalue weighted by atomic mass is 15.1. The summed E-state index contributed by atoms with van der Waals surface area (Å²) in [5, 5.41) is 0. The summed E-state index contributed by atoms with van der Waals surface area (Å²) in [7, 11) is 1.94. The summed E-state index contributed by atoms with van der Waals surface area (Å²) >= 11 is 0. The Kier molecular flexibility index (Phi) is 3.76. The van der Waals surface area contributed by atoms with Gasteiger partial charge in [0.25, 0.3) is 0 Å². The molecule has 2 N–H and O–H groups in total. The Morgan fingerprint density at radius 3 is 2.75 bits per heavy atom. The Morgan fingerprint density at radius 2 is 2.38 bits per heavy atom. The zero-order valence-electron chi connectivity index (χ0n) is 5.17. The quantitative estimate of drug-likeness (QED) is 0.577. The first kappa shape index (κ1) is 7.08. The van der Waals surface area contributed by atoms with Crippen LogP contribution in [0.25, 0.3) is 0 Å². The minimum absolute atomic E-state index is 0.833. The summed E-state index contributed by atoms with van der Waals surface area (Å²) < 4.78 is 0. The van der Waals surface area contributed by atoms with Gasteiger partial charge in [-0.05, 0) is 18.5 Å². The van der Waals surface area contributed by atoms with Crippen molar-refractivity contribution in [2.45, 2.75) is 0 Å². The fourth-order valence-corrected chi connectivity index (χ4v) is 0.302. The van der Waals surface area contributed by atoms with Crippen molar-refractivity contribution in [3.05, 3.63) is 25.1 Å². The number of hydrogen-bond donors (Lipinski definition) is 1. The number of nitrogens with zero attached hydrogens (tertiary/aromatic N) is 1. The fraction of sp³-hybridized carbons (Fsp3) is 0.333. The third kappa shape index (κ3) is 3.28. The van der Waals surface area contributed by atoms with Crippen LogP contribution in [-0.4, -0.2) is 18.5 Å². The van der Waals surface area contributed by atoms with Crippen LogP contribution in [0.15, 0.2) is 25.1 Å². The number of hydrogen-bond acceptors (Lipinski definition) is 2. The second-order valence-electron chi connectivity index (χ2n) is 1.55. The van der Waals surface area contributed by atoms with E-state index in [2.05, 4.69) is 6.58 Å². The van der Waals surface area contributed by atoms with E-state index in [1.807, 2.05) is 18.0 Å². The molecular weight excluding hydrogens is 100 g/mol. The van der Waals surface area contributed by atoms with E-state index >= 15 is 0 Å². The van der Waals surface area contributed by atoms with Crippen molar-refractivity contribution < 1.29 is 0 Å². The maximum Gasteiger partial charge on any atom is 0.0367 e. The first-order valence-corrected chi connectivity index (χ1v) is 2.50. The molecule has 0 amide bonds. The first-order chi connectivity index (χ1) is 3.81. The maximum atomic E-state index is 5.09. The van der Waals surface area contributed by atoms with E-state index in [1.165, 1.54) is 6.20 Å². The second kappa shape index (κ2) is 4.24. The van der Waals surface area contributed by atoms with Crippen molar-refractivity contribution in [2.24, 2.45) is 5.73 Å². The van der Waals surface area contributed by atoms with E-state index in [0.29, 0.717) is 0 Å². The first-order valence-electron chi connectivity index (χ1n) is 2.50. The molecule has 0 spiro atoms. The molecule has 0 aliphatic carbocycles. The summed E-state index contributed by atoms with van der Waals surface area (Å²) in [5.41, 5.74) is 5.09. The third-order valence-electron chi connectivity index (χ3n) is 0.841. The molecule has 0 aliphatic rings. The van der Waals surface area contributed by atoms with E-state index in [9.17, 15) is 0 Å². The molecule has 0 saturated heterocycles. The monoisotopic (exact) mass is 112 g/mol. The van der Waals surface area contributed by atoms with Gasteiger partial charge in [0.2, 0.25) is 0 Å². The summed E-state index contributed by atoms with van der Waals surface area (Å²) in [5.74, 6) is 0. The van der Waals surface area contributed by atoms with E-state index in [4.69, 9.17) is 5.73 Å². The van der Waals surface area contributed by atoms with Crippen molar-refractivity contribution in [2.75, 3.05) is 13.6 Å². The van der Waals surface area contributed by atoms with Gasteiger partial charge in [-0.3, -0.25) is 0 Å². The second-order valence-corrected chi connectivity index (χ2v) is 1.55. The van der Waals surface area contributed by atoms with Crippen LogP contribution in [0, 0.1) is 0 Å². The number of likely N-dealkylation sites (N-methyl/N-ethyl adjacent to an activating group) is 1. The van der Waals surface area contributed by atoms with Crippen molar-refractivity contribution in [1.82, 2.24) is 4.90 Å². The Labute approximate surface area is 50.3 Å². The maximum absolute atomic E-state index is 5.09. The zero-order valence-corrected chi connectivity index (χ0v) is 5.17. The van der Waals surface area contributed by atoms with Crippen LogP contribution in [0.1, 0.15) is 0 Å². The van der Waals surface area contributed by atoms with Gasteiger partial charge in [0.15, 0.2) is 0 Å². The summed E-state index contributed by atoms with van der Waals surface area (Å²) in [6.45, 7) is 4.40. The largest absolute Gasteiger partial charge is 0.405 e. The average molecular weight is 112 g/mol. The molecular formula is C6H12N2. The molecule has 2 nitrogen and oxygen atoms in total. The number of nitrogens with two attached hydrogens (primary N) is 1. The number of rotatable bonds is 3. The lowest BCUT2D eigenvalue weighted by Gasteiger charge is -2.07. The minimum atomic E-state index is 0.833. The van der Waals surface area contributed by atoms with Gasteiger partial charge in [0.1, 0.15) is 0 Å². The molecule has 0 aromatic heterocycles. The van der Waals surface area contributed by atoms with Crippen LogP contribution in [0.5, 0.6) is 0 Å². The van der Waals surface area contributed by atoms with E-state index in [0.717, 1.165) is 6.54 Å². The average Bonchev–Trinajstić information content (AvgIpc) is 1.83. The molecule has 0 heterocycles. The summed E-state index contributed by atoms with van der Waals surface area (Å²) in [4.78, 5) is 1.93. The molecule has 0 aromatic rings. The minimum Gasteiger partial charge on any atom is -0.405 e. The van der Waals surface area contributed by atoms with Gasteiger partial charge >= 0.3 is 0 Å². The lowest BCUT2D eigenvalue weighted by Crippen LogP contribution is -2.09. The topological polar surface area (TPSA) is 29.3 Å². The normalized spacial score (nSPS) is 9.62. The SMILES string of the molecule is C=CN(C)C/C=C/N. The predicted molar refractivity (Wildman–Crippen MR) is 36.2 cm³/mol. The van der Waals surface area contributed by atoms with Gasteiger partial charge in [0.05, 0.1) is 0 Å². The van der Waals surface area contributed by atoms with Crippen LogP contribution in [0.3, 0.4) is 0 Å². The van der Waals surface area contributed by atoms with Crippen LogP contribution < -0.4 is 5.73 Å². The molecule has 2 heteroatoms. The molecule has 8 heavy (non-hydrogen) atoms. The van der Waals surface area contributed by atoms with Crippen molar-refractivity contribution >= 4 is 0 Å². The third-order valence-corrected chi connectivity index (χ3v) is 0.841. The standard InChI is InChI=1S/C6H12N2/c1-3-8(2)6-4-5-7/h3-5H,1,6-7H2,2H3/b5-4+. The van der Waals surface area contributed by atoms with Gasteiger partial charge in [-0.25, -0.2) is 0 Å². The van der Waals surface area contributed by atoms with Crippen LogP contribution in [0.4, 0.5) is 0 Å². The van der Waals surface area contributed by atoms with Crippen LogP contribution in [-0.2, 0) is 0 Å². The molecule has 0 bridgehead atoms. The molecule has 0 fully saturated rings. The molecule has 46 valence electrons. The molecule has 0 aromatic carbocycles. The van der Waals surface area contributed by atoms with Crippen molar-refractivity contribution in [3.8, 4) is 0 Å². The lowest BCUT2D eigenvalue weighted by molar-refractivity contribution is 0.511. The molecule has 0 unspecified atom stereocenters. The zero-order chi connectivity index (χ0) is 6.41. The van der Waals surface area contributed by atoms with Crippen LogP contribution in [0.2, 0.25) is 0 Å². The highest BCUT2D eigenvalue weighted by molar-refractivity contribution is 4.82. The Hall–Kier alpha value is -0.920. The molecule has 0 rings (SSSR count).